The van der Waals surface area contributed by atoms with Crippen LogP contribution in [0.2, 0.25) is 5.02 Å². The molecule has 2 rings (SSSR count). The van der Waals surface area contributed by atoms with Crippen molar-refractivity contribution in [3.05, 3.63) is 39.9 Å². The van der Waals surface area contributed by atoms with Gasteiger partial charge < -0.3 is 10.1 Å². The Morgan fingerprint density at radius 2 is 1.96 bits per heavy atom. The van der Waals surface area contributed by atoms with Gasteiger partial charge in [0.15, 0.2) is 10.8 Å². The second kappa shape index (κ2) is 7.43. The van der Waals surface area contributed by atoms with E-state index in [2.05, 4.69) is 15.6 Å². The van der Waals surface area contributed by atoms with E-state index in [9.17, 15) is 9.59 Å². The summed E-state index contributed by atoms with van der Waals surface area (Å²) in [6.07, 6.45) is 0. The molecular formula is C15H16ClN3O3S. The molecule has 1 aromatic carbocycles. The summed E-state index contributed by atoms with van der Waals surface area (Å²) < 4.78 is 4.72. The largest absolute Gasteiger partial charge is 0.464 e. The van der Waals surface area contributed by atoms with Crippen LogP contribution in [0.5, 0.6) is 0 Å². The van der Waals surface area contributed by atoms with Crippen molar-refractivity contribution < 1.29 is 14.3 Å². The zero-order valence-electron chi connectivity index (χ0n) is 12.8. The molecule has 1 aromatic heterocycles. The lowest BCUT2D eigenvalue weighted by atomic mass is 10.1. The topological polar surface area (TPSA) is 80.3 Å². The Balaban J connectivity index is 2.15. The van der Waals surface area contributed by atoms with Crippen LogP contribution < -0.4 is 10.6 Å². The van der Waals surface area contributed by atoms with Gasteiger partial charge in [0.2, 0.25) is 0 Å². The molecule has 1 heterocycles. The third-order valence-electron chi connectivity index (χ3n) is 2.90. The molecule has 0 atom stereocenters. The minimum Gasteiger partial charge on any atom is -0.464 e. The molecule has 0 bridgehead atoms. The standard InChI is InChI=1S/C15H16ClN3O3S/c1-8(2)12-11(13(20)22-3)18-15(23-12)19-14(21)17-10-7-5-4-6-9(10)16/h4-8H,1-3H3,(H2,17,18,19,21). The van der Waals surface area contributed by atoms with Crippen molar-refractivity contribution in [1.29, 1.82) is 0 Å². The summed E-state index contributed by atoms with van der Waals surface area (Å²) in [7, 11) is 1.29. The number of hydrogen-bond acceptors (Lipinski definition) is 5. The minimum absolute atomic E-state index is 0.0868. The van der Waals surface area contributed by atoms with Crippen molar-refractivity contribution in [3.8, 4) is 0 Å². The number of benzene rings is 1. The van der Waals surface area contributed by atoms with Gasteiger partial charge in [0, 0.05) is 4.88 Å². The van der Waals surface area contributed by atoms with E-state index in [-0.39, 0.29) is 11.6 Å². The number of aromatic nitrogens is 1. The number of ether oxygens (including phenoxy) is 1. The number of nitrogens with one attached hydrogen (secondary N) is 2. The fourth-order valence-corrected chi connectivity index (χ4v) is 2.97. The average Bonchev–Trinajstić information content (AvgIpc) is 2.92. The van der Waals surface area contributed by atoms with Gasteiger partial charge in [-0.2, -0.15) is 0 Å². The van der Waals surface area contributed by atoms with E-state index in [1.165, 1.54) is 18.4 Å². The number of methoxy groups -OCH3 is 1. The van der Waals surface area contributed by atoms with Crippen LogP contribution in [-0.4, -0.2) is 24.1 Å². The van der Waals surface area contributed by atoms with Crippen LogP contribution in [0.4, 0.5) is 15.6 Å². The van der Waals surface area contributed by atoms with Gasteiger partial charge in [-0.15, -0.1) is 11.3 Å². The second-order valence-electron chi connectivity index (χ2n) is 4.94. The molecule has 2 N–H and O–H groups in total. The molecular weight excluding hydrogens is 338 g/mol. The summed E-state index contributed by atoms with van der Waals surface area (Å²) in [5, 5.41) is 5.98. The molecule has 0 fully saturated rings. The van der Waals surface area contributed by atoms with Gasteiger partial charge in [-0.05, 0) is 18.1 Å². The molecule has 0 unspecified atom stereocenters. The number of carbonyl (C=O) groups excluding carboxylic acids is 2. The first-order valence-corrected chi connectivity index (χ1v) is 8.03. The van der Waals surface area contributed by atoms with Crippen LogP contribution >= 0.6 is 22.9 Å². The Morgan fingerprint density at radius 1 is 1.26 bits per heavy atom. The lowest BCUT2D eigenvalue weighted by molar-refractivity contribution is 0.0593. The van der Waals surface area contributed by atoms with Crippen LogP contribution in [-0.2, 0) is 4.74 Å². The highest BCUT2D eigenvalue weighted by atomic mass is 35.5. The van der Waals surface area contributed by atoms with E-state index in [1.54, 1.807) is 24.3 Å². The zero-order chi connectivity index (χ0) is 17.0. The molecule has 0 aliphatic heterocycles. The number of rotatable bonds is 4. The maximum atomic E-state index is 12.0. The molecule has 0 aliphatic rings. The van der Waals surface area contributed by atoms with Gasteiger partial charge in [-0.1, -0.05) is 37.6 Å². The van der Waals surface area contributed by atoms with Crippen molar-refractivity contribution in [2.45, 2.75) is 19.8 Å². The first kappa shape index (κ1) is 17.2. The third-order valence-corrected chi connectivity index (χ3v) is 4.50. The summed E-state index contributed by atoms with van der Waals surface area (Å²) >= 11 is 7.22. The highest BCUT2D eigenvalue weighted by Gasteiger charge is 2.21. The van der Waals surface area contributed by atoms with Crippen LogP contribution in [0.1, 0.15) is 35.1 Å². The number of urea groups is 1. The highest BCUT2D eigenvalue weighted by Crippen LogP contribution is 2.30. The van der Waals surface area contributed by atoms with Crippen molar-refractivity contribution in [1.82, 2.24) is 4.98 Å². The van der Waals surface area contributed by atoms with Crippen molar-refractivity contribution in [2.24, 2.45) is 0 Å². The molecule has 2 aromatic rings. The summed E-state index contributed by atoms with van der Waals surface area (Å²) in [5.74, 6) is -0.437. The molecule has 2 amide bonds. The molecule has 0 spiro atoms. The highest BCUT2D eigenvalue weighted by molar-refractivity contribution is 7.16. The second-order valence-corrected chi connectivity index (χ2v) is 6.37. The number of amides is 2. The lowest BCUT2D eigenvalue weighted by Crippen LogP contribution is -2.19. The molecule has 122 valence electrons. The molecule has 8 heteroatoms. The number of nitrogens with zero attached hydrogens (tertiary/aromatic N) is 1. The van der Waals surface area contributed by atoms with Gasteiger partial charge >= 0.3 is 12.0 Å². The number of para-hydroxylation sites is 1. The van der Waals surface area contributed by atoms with Crippen molar-refractivity contribution in [3.63, 3.8) is 0 Å². The average molecular weight is 354 g/mol. The van der Waals surface area contributed by atoms with E-state index in [0.29, 0.717) is 15.8 Å². The molecule has 0 saturated heterocycles. The third kappa shape index (κ3) is 4.20. The van der Waals surface area contributed by atoms with Crippen molar-refractivity contribution >= 4 is 45.8 Å². The molecule has 0 aliphatic carbocycles. The number of carbonyl (C=O) groups is 2. The van der Waals surface area contributed by atoms with Gasteiger partial charge in [0.25, 0.3) is 0 Å². The quantitative estimate of drug-likeness (QED) is 0.801. The molecule has 23 heavy (non-hydrogen) atoms. The Labute approximate surface area is 142 Å². The molecule has 6 nitrogen and oxygen atoms in total. The van der Waals surface area contributed by atoms with E-state index >= 15 is 0 Å². The van der Waals surface area contributed by atoms with Crippen LogP contribution in [0.15, 0.2) is 24.3 Å². The van der Waals surface area contributed by atoms with Gasteiger partial charge in [-0.25, -0.2) is 14.6 Å². The van der Waals surface area contributed by atoms with E-state index in [0.717, 1.165) is 4.88 Å². The van der Waals surface area contributed by atoms with E-state index < -0.39 is 12.0 Å². The maximum Gasteiger partial charge on any atom is 0.357 e. The lowest BCUT2D eigenvalue weighted by Gasteiger charge is -2.06. The fraction of sp³-hybridized carbons (Fsp3) is 0.267. The monoisotopic (exact) mass is 353 g/mol. The van der Waals surface area contributed by atoms with Crippen molar-refractivity contribution in [2.75, 3.05) is 17.7 Å². The number of anilines is 2. The minimum atomic E-state index is -0.524. The van der Waals surface area contributed by atoms with Crippen LogP contribution in [0.25, 0.3) is 0 Å². The summed E-state index contributed by atoms with van der Waals surface area (Å²) in [4.78, 5) is 28.7. The summed E-state index contributed by atoms with van der Waals surface area (Å²) in [6, 6.07) is 6.40. The number of thiazole rings is 1. The summed E-state index contributed by atoms with van der Waals surface area (Å²) in [5.41, 5.74) is 0.709. The van der Waals surface area contributed by atoms with Gasteiger partial charge in [-0.3, -0.25) is 5.32 Å². The first-order valence-electron chi connectivity index (χ1n) is 6.84. The van der Waals surface area contributed by atoms with Gasteiger partial charge in [0.1, 0.15) is 0 Å². The predicted octanol–water partition coefficient (Wildman–Crippen LogP) is 4.35. The Kier molecular flexibility index (Phi) is 5.57. The van der Waals surface area contributed by atoms with Crippen LogP contribution in [0.3, 0.4) is 0 Å². The Bertz CT molecular complexity index is 731. The Morgan fingerprint density at radius 3 is 2.57 bits per heavy atom. The number of hydrogen-bond donors (Lipinski definition) is 2. The maximum absolute atomic E-state index is 12.0. The smallest absolute Gasteiger partial charge is 0.357 e. The van der Waals surface area contributed by atoms with E-state index in [1.807, 2.05) is 13.8 Å². The number of halogens is 1. The van der Waals surface area contributed by atoms with Gasteiger partial charge in [0.05, 0.1) is 17.8 Å². The summed E-state index contributed by atoms with van der Waals surface area (Å²) in [6.45, 7) is 3.88. The molecule has 0 radical (unpaired) electrons. The molecule has 0 saturated carbocycles. The fourth-order valence-electron chi connectivity index (χ4n) is 1.83. The first-order chi connectivity index (χ1) is 10.9. The number of esters is 1. The normalized spacial score (nSPS) is 10.5. The SMILES string of the molecule is COC(=O)c1nc(NC(=O)Nc2ccccc2Cl)sc1C(C)C. The zero-order valence-corrected chi connectivity index (χ0v) is 14.4. The Hall–Kier alpha value is -2.12. The predicted molar refractivity (Wildman–Crippen MR) is 91.6 cm³/mol. The van der Waals surface area contributed by atoms with Crippen LogP contribution in [0, 0.1) is 0 Å². The van der Waals surface area contributed by atoms with E-state index in [4.69, 9.17) is 16.3 Å².